The molecule has 1 amide bonds. The lowest BCUT2D eigenvalue weighted by atomic mass is 10.1. The first-order valence-electron chi connectivity index (χ1n) is 6.53. The summed E-state index contributed by atoms with van der Waals surface area (Å²) < 4.78 is 0.971. The largest absolute Gasteiger partial charge is 0.335 e. The number of nitrogens with one attached hydrogen (secondary N) is 1. The van der Waals surface area contributed by atoms with Crippen molar-refractivity contribution in [3.63, 3.8) is 0 Å². The molecule has 0 spiro atoms. The summed E-state index contributed by atoms with van der Waals surface area (Å²) in [6, 6.07) is 6.00. The van der Waals surface area contributed by atoms with Crippen LogP contribution in [0.2, 0.25) is 0 Å². The molecular weight excluding hydrogens is 332 g/mol. The number of halogens is 1. The van der Waals surface area contributed by atoms with Gasteiger partial charge in [0.1, 0.15) is 5.82 Å². The van der Waals surface area contributed by atoms with Crippen molar-refractivity contribution in [1.29, 1.82) is 0 Å². The number of carbonyl (C=O) groups excluding carboxylic acids is 1. The maximum Gasteiger partial charge on any atom is 0.246 e. The van der Waals surface area contributed by atoms with Gasteiger partial charge in [0.25, 0.3) is 0 Å². The summed E-state index contributed by atoms with van der Waals surface area (Å²) in [7, 11) is 1.72. The molecule has 6 heteroatoms. The summed E-state index contributed by atoms with van der Waals surface area (Å²) in [4.78, 5) is 17.8. The van der Waals surface area contributed by atoms with Crippen LogP contribution in [0.3, 0.4) is 0 Å². The van der Waals surface area contributed by atoms with Crippen LogP contribution in [0, 0.1) is 13.8 Å². The van der Waals surface area contributed by atoms with Gasteiger partial charge in [-0.15, -0.1) is 0 Å². The number of carbonyl (C=O) groups is 1. The molecule has 2 aromatic rings. The normalized spacial score (nSPS) is 11.0. The highest BCUT2D eigenvalue weighted by Crippen LogP contribution is 2.19. The Morgan fingerprint density at radius 3 is 2.81 bits per heavy atom. The zero-order valence-corrected chi connectivity index (χ0v) is 13.8. The minimum atomic E-state index is -0.0927. The van der Waals surface area contributed by atoms with Crippen molar-refractivity contribution in [3.05, 3.63) is 51.5 Å². The van der Waals surface area contributed by atoms with E-state index in [1.54, 1.807) is 24.1 Å². The highest BCUT2D eigenvalue weighted by molar-refractivity contribution is 9.10. The van der Waals surface area contributed by atoms with E-state index < -0.39 is 0 Å². The maximum atomic E-state index is 12.1. The fraction of sp³-hybridized carbons (Fsp3) is 0.267. The fourth-order valence-electron chi connectivity index (χ4n) is 1.81. The summed E-state index contributed by atoms with van der Waals surface area (Å²) in [5, 5.41) is 6.78. The molecule has 0 bridgehead atoms. The Bertz CT molecular complexity index is 678. The number of aryl methyl sites for hydroxylation is 2. The summed E-state index contributed by atoms with van der Waals surface area (Å²) >= 11 is 3.49. The van der Waals surface area contributed by atoms with Crippen molar-refractivity contribution >= 4 is 27.9 Å². The Labute approximate surface area is 132 Å². The van der Waals surface area contributed by atoms with E-state index in [1.807, 2.05) is 32.0 Å². The van der Waals surface area contributed by atoms with Gasteiger partial charge in [0, 0.05) is 17.6 Å². The van der Waals surface area contributed by atoms with Crippen LogP contribution in [0.4, 0.5) is 0 Å². The molecule has 0 aliphatic heterocycles. The summed E-state index contributed by atoms with van der Waals surface area (Å²) in [5.41, 5.74) is 2.14. The second kappa shape index (κ2) is 6.67. The third kappa shape index (κ3) is 4.26. The van der Waals surface area contributed by atoms with Gasteiger partial charge in [0.2, 0.25) is 5.91 Å². The summed E-state index contributed by atoms with van der Waals surface area (Å²) in [6.07, 6.45) is 3.35. The molecule has 0 saturated carbocycles. The molecule has 0 aliphatic rings. The number of hydrogen-bond donors (Lipinski definition) is 1. The van der Waals surface area contributed by atoms with Gasteiger partial charge in [-0.05, 0) is 37.1 Å². The standard InChI is InChI=1S/C15H17BrN4O/c1-10-4-5-12(13(16)8-10)6-7-15(21)20(3)9-14-17-11(2)18-19-14/h4-8H,9H2,1-3H3,(H,17,18,19). The third-order valence-corrected chi connectivity index (χ3v) is 3.65. The first kappa shape index (κ1) is 15.4. The molecular formula is C15H17BrN4O. The van der Waals surface area contributed by atoms with Gasteiger partial charge in [-0.2, -0.15) is 5.10 Å². The maximum absolute atomic E-state index is 12.1. The minimum absolute atomic E-state index is 0.0927. The van der Waals surface area contributed by atoms with Crippen LogP contribution in [-0.2, 0) is 11.3 Å². The van der Waals surface area contributed by atoms with Gasteiger partial charge < -0.3 is 4.90 Å². The van der Waals surface area contributed by atoms with Gasteiger partial charge in [-0.25, -0.2) is 4.98 Å². The lowest BCUT2D eigenvalue weighted by Crippen LogP contribution is -2.24. The van der Waals surface area contributed by atoms with Gasteiger partial charge >= 0.3 is 0 Å². The van der Waals surface area contributed by atoms with Gasteiger partial charge in [0.05, 0.1) is 6.54 Å². The van der Waals surface area contributed by atoms with E-state index in [1.165, 1.54) is 5.56 Å². The molecule has 1 N–H and O–H groups in total. The number of H-pyrrole nitrogens is 1. The number of hydrogen-bond acceptors (Lipinski definition) is 3. The molecule has 1 heterocycles. The fourth-order valence-corrected chi connectivity index (χ4v) is 2.43. The van der Waals surface area contributed by atoms with Crippen LogP contribution < -0.4 is 0 Å². The van der Waals surface area contributed by atoms with Crippen molar-refractivity contribution in [2.75, 3.05) is 7.05 Å². The number of benzene rings is 1. The van der Waals surface area contributed by atoms with Crippen LogP contribution >= 0.6 is 15.9 Å². The quantitative estimate of drug-likeness (QED) is 0.864. The average Bonchev–Trinajstić information content (AvgIpc) is 2.82. The van der Waals surface area contributed by atoms with E-state index in [4.69, 9.17) is 0 Å². The molecule has 0 aliphatic carbocycles. The molecule has 0 unspecified atom stereocenters. The summed E-state index contributed by atoms with van der Waals surface area (Å²) in [5.74, 6) is 1.25. The number of aromatic amines is 1. The van der Waals surface area contributed by atoms with E-state index in [-0.39, 0.29) is 5.91 Å². The molecule has 5 nitrogen and oxygen atoms in total. The Balaban J connectivity index is 2.01. The van der Waals surface area contributed by atoms with Crippen LogP contribution in [0.25, 0.3) is 6.08 Å². The smallest absolute Gasteiger partial charge is 0.246 e. The van der Waals surface area contributed by atoms with Crippen LogP contribution in [0.15, 0.2) is 28.7 Å². The molecule has 2 rings (SSSR count). The molecule has 0 radical (unpaired) electrons. The number of rotatable bonds is 4. The topological polar surface area (TPSA) is 61.9 Å². The number of likely N-dealkylation sites (N-methyl/N-ethyl adjacent to an activating group) is 1. The highest BCUT2D eigenvalue weighted by Gasteiger charge is 2.09. The number of aromatic nitrogens is 3. The van der Waals surface area contributed by atoms with Crippen molar-refractivity contribution in [1.82, 2.24) is 20.1 Å². The second-order valence-electron chi connectivity index (χ2n) is 4.89. The van der Waals surface area contributed by atoms with Crippen LogP contribution in [0.5, 0.6) is 0 Å². The van der Waals surface area contributed by atoms with Crippen molar-refractivity contribution in [3.8, 4) is 0 Å². The van der Waals surface area contributed by atoms with E-state index in [2.05, 4.69) is 31.1 Å². The van der Waals surface area contributed by atoms with Gasteiger partial charge in [-0.3, -0.25) is 9.89 Å². The lowest BCUT2D eigenvalue weighted by Gasteiger charge is -2.12. The molecule has 110 valence electrons. The first-order valence-corrected chi connectivity index (χ1v) is 7.32. The van der Waals surface area contributed by atoms with Crippen LogP contribution in [0.1, 0.15) is 22.8 Å². The molecule has 1 aromatic heterocycles. The van der Waals surface area contributed by atoms with Gasteiger partial charge in [0.15, 0.2) is 5.82 Å². The van der Waals surface area contributed by atoms with Crippen molar-refractivity contribution in [2.24, 2.45) is 0 Å². The predicted molar refractivity (Wildman–Crippen MR) is 85.5 cm³/mol. The predicted octanol–water partition coefficient (Wildman–Crippen LogP) is 2.86. The van der Waals surface area contributed by atoms with E-state index in [0.29, 0.717) is 12.4 Å². The lowest BCUT2D eigenvalue weighted by molar-refractivity contribution is -0.125. The number of amides is 1. The van der Waals surface area contributed by atoms with Crippen molar-refractivity contribution < 1.29 is 4.79 Å². The van der Waals surface area contributed by atoms with Gasteiger partial charge in [-0.1, -0.05) is 28.1 Å². The summed E-state index contributed by atoms with van der Waals surface area (Å²) in [6.45, 7) is 4.23. The Morgan fingerprint density at radius 1 is 1.43 bits per heavy atom. The minimum Gasteiger partial charge on any atom is -0.335 e. The Kier molecular flexibility index (Phi) is 4.90. The number of nitrogens with zero attached hydrogens (tertiary/aromatic N) is 3. The highest BCUT2D eigenvalue weighted by atomic mass is 79.9. The molecule has 1 aromatic carbocycles. The SMILES string of the molecule is Cc1ccc(C=CC(=O)N(C)Cc2n[nH]c(C)n2)c(Br)c1. The van der Waals surface area contributed by atoms with Crippen LogP contribution in [-0.4, -0.2) is 33.0 Å². The average molecular weight is 349 g/mol. The zero-order chi connectivity index (χ0) is 15.4. The monoisotopic (exact) mass is 348 g/mol. The van der Waals surface area contributed by atoms with E-state index in [9.17, 15) is 4.79 Å². The van der Waals surface area contributed by atoms with E-state index in [0.717, 1.165) is 15.9 Å². The molecule has 0 fully saturated rings. The Morgan fingerprint density at radius 2 is 2.19 bits per heavy atom. The van der Waals surface area contributed by atoms with Crippen molar-refractivity contribution in [2.45, 2.75) is 20.4 Å². The molecule has 21 heavy (non-hydrogen) atoms. The molecule has 0 atom stereocenters. The third-order valence-electron chi connectivity index (χ3n) is 2.96. The Hall–Kier alpha value is -1.95. The molecule has 0 saturated heterocycles. The zero-order valence-electron chi connectivity index (χ0n) is 12.2. The van der Waals surface area contributed by atoms with E-state index >= 15 is 0 Å². The second-order valence-corrected chi connectivity index (χ2v) is 5.74. The first-order chi connectivity index (χ1) is 9.95.